The van der Waals surface area contributed by atoms with Crippen molar-refractivity contribution in [3.05, 3.63) is 11.6 Å². The van der Waals surface area contributed by atoms with E-state index in [1.54, 1.807) is 0 Å². The maximum Gasteiger partial charge on any atom is 0.145 e. The molecule has 0 saturated heterocycles. The van der Waals surface area contributed by atoms with Crippen molar-refractivity contribution in [2.75, 3.05) is 0 Å². The number of rotatable bonds is 4. The fourth-order valence-electron chi connectivity index (χ4n) is 0.814. The van der Waals surface area contributed by atoms with Gasteiger partial charge in [-0.05, 0) is 17.4 Å². The third-order valence-corrected chi connectivity index (χ3v) is 1.92. The molecule has 0 N–H and O–H groups in total. The number of hydrogen-bond acceptors (Lipinski definition) is 1. The maximum atomic E-state index is 10.5. The van der Waals surface area contributed by atoms with E-state index in [0.29, 0.717) is 11.8 Å². The molecule has 0 aliphatic carbocycles. The Balaban J connectivity index is 4.22. The van der Waals surface area contributed by atoms with Gasteiger partial charge in [0.15, 0.2) is 0 Å². The van der Waals surface area contributed by atoms with Crippen LogP contribution in [-0.2, 0) is 4.79 Å². The summed E-state index contributed by atoms with van der Waals surface area (Å²) in [6.07, 6.45) is 4.14. The monoisotopic (exact) mass is 154 g/mol. The summed E-state index contributed by atoms with van der Waals surface area (Å²) in [4.78, 5) is 10.5. The first kappa shape index (κ1) is 10.4. The maximum absolute atomic E-state index is 10.5. The molecule has 1 heteroatoms. The van der Waals surface area contributed by atoms with Crippen LogP contribution in [0.3, 0.4) is 0 Å². The second kappa shape index (κ2) is 5.11. The van der Waals surface area contributed by atoms with E-state index in [-0.39, 0.29) is 0 Å². The summed E-state index contributed by atoms with van der Waals surface area (Å²) >= 11 is 0. The number of carbonyl (C=O) groups is 1. The van der Waals surface area contributed by atoms with Gasteiger partial charge in [-0.3, -0.25) is 4.79 Å². The van der Waals surface area contributed by atoms with E-state index in [1.807, 2.05) is 13.8 Å². The van der Waals surface area contributed by atoms with Gasteiger partial charge in [0.2, 0.25) is 0 Å². The average molecular weight is 154 g/mol. The smallest absolute Gasteiger partial charge is 0.145 e. The molecule has 0 aromatic rings. The van der Waals surface area contributed by atoms with Gasteiger partial charge in [-0.2, -0.15) is 0 Å². The third kappa shape index (κ3) is 3.97. The second-order valence-electron chi connectivity index (χ2n) is 3.32. The Morgan fingerprint density at radius 1 is 1.36 bits per heavy atom. The zero-order valence-electron chi connectivity index (χ0n) is 7.92. The molecule has 0 rings (SSSR count). The van der Waals surface area contributed by atoms with Gasteiger partial charge in [0, 0.05) is 0 Å². The SMILES string of the molecule is CCC(C)/C=C(/C=O)C(C)C. The summed E-state index contributed by atoms with van der Waals surface area (Å²) in [6.45, 7) is 8.35. The molecule has 0 spiro atoms. The molecule has 11 heavy (non-hydrogen) atoms. The zero-order chi connectivity index (χ0) is 8.85. The van der Waals surface area contributed by atoms with Gasteiger partial charge in [-0.25, -0.2) is 0 Å². The Morgan fingerprint density at radius 3 is 2.18 bits per heavy atom. The predicted octanol–water partition coefficient (Wildman–Crippen LogP) is 2.81. The number of hydrogen-bond donors (Lipinski definition) is 0. The lowest BCUT2D eigenvalue weighted by Crippen LogP contribution is -1.98. The van der Waals surface area contributed by atoms with Gasteiger partial charge in [0.1, 0.15) is 6.29 Å². The molecule has 0 bridgehead atoms. The summed E-state index contributed by atoms with van der Waals surface area (Å²) in [5.74, 6) is 0.888. The van der Waals surface area contributed by atoms with Crippen molar-refractivity contribution in [1.82, 2.24) is 0 Å². The summed E-state index contributed by atoms with van der Waals surface area (Å²) in [5.41, 5.74) is 0.930. The Kier molecular flexibility index (Phi) is 4.84. The number of allylic oxidation sites excluding steroid dienone is 2. The van der Waals surface area contributed by atoms with Crippen LogP contribution in [0, 0.1) is 11.8 Å². The molecule has 1 atom stereocenters. The molecule has 0 saturated carbocycles. The van der Waals surface area contributed by atoms with Crippen LogP contribution in [0.2, 0.25) is 0 Å². The van der Waals surface area contributed by atoms with Crippen molar-refractivity contribution in [2.24, 2.45) is 11.8 Å². The van der Waals surface area contributed by atoms with Crippen LogP contribution in [0.15, 0.2) is 11.6 Å². The fourth-order valence-corrected chi connectivity index (χ4v) is 0.814. The quantitative estimate of drug-likeness (QED) is 0.449. The van der Waals surface area contributed by atoms with Crippen LogP contribution in [0.5, 0.6) is 0 Å². The third-order valence-electron chi connectivity index (χ3n) is 1.92. The van der Waals surface area contributed by atoms with Gasteiger partial charge < -0.3 is 0 Å². The molecule has 0 amide bonds. The summed E-state index contributed by atoms with van der Waals surface area (Å²) in [7, 11) is 0. The largest absolute Gasteiger partial charge is 0.298 e. The van der Waals surface area contributed by atoms with Crippen LogP contribution in [-0.4, -0.2) is 6.29 Å². The molecular weight excluding hydrogens is 136 g/mol. The molecule has 0 aliphatic rings. The molecule has 1 nitrogen and oxygen atoms in total. The lowest BCUT2D eigenvalue weighted by molar-refractivity contribution is -0.105. The van der Waals surface area contributed by atoms with E-state index in [9.17, 15) is 4.79 Å². The zero-order valence-corrected chi connectivity index (χ0v) is 7.92. The van der Waals surface area contributed by atoms with Gasteiger partial charge in [-0.15, -0.1) is 0 Å². The Labute approximate surface area is 69.5 Å². The lowest BCUT2D eigenvalue weighted by atomic mass is 9.98. The van der Waals surface area contributed by atoms with Gasteiger partial charge in [-0.1, -0.05) is 40.2 Å². The van der Waals surface area contributed by atoms with Crippen LogP contribution in [0.1, 0.15) is 34.1 Å². The minimum absolute atomic E-state index is 0.362. The number of carbonyl (C=O) groups excluding carboxylic acids is 1. The average Bonchev–Trinajstić information content (AvgIpc) is 1.99. The van der Waals surface area contributed by atoms with Gasteiger partial charge >= 0.3 is 0 Å². The highest BCUT2D eigenvalue weighted by Gasteiger charge is 2.02. The van der Waals surface area contributed by atoms with E-state index in [0.717, 1.165) is 18.3 Å². The van der Waals surface area contributed by atoms with E-state index < -0.39 is 0 Å². The summed E-state index contributed by atoms with van der Waals surface area (Å²) < 4.78 is 0. The van der Waals surface area contributed by atoms with Crippen molar-refractivity contribution in [1.29, 1.82) is 0 Å². The van der Waals surface area contributed by atoms with E-state index in [4.69, 9.17) is 0 Å². The molecule has 0 heterocycles. The molecule has 0 aliphatic heterocycles. The standard InChI is InChI=1S/C10H18O/c1-5-9(4)6-10(7-11)8(2)3/h6-9H,5H2,1-4H3/b10-6-. The van der Waals surface area contributed by atoms with E-state index in [2.05, 4.69) is 19.9 Å². The molecule has 1 unspecified atom stereocenters. The Hall–Kier alpha value is -0.590. The first-order chi connectivity index (χ1) is 5.11. The van der Waals surface area contributed by atoms with Crippen molar-refractivity contribution in [3.63, 3.8) is 0 Å². The van der Waals surface area contributed by atoms with Crippen molar-refractivity contribution in [3.8, 4) is 0 Å². The topological polar surface area (TPSA) is 17.1 Å². The van der Waals surface area contributed by atoms with E-state index in [1.165, 1.54) is 0 Å². The summed E-state index contributed by atoms with van der Waals surface area (Å²) in [5, 5.41) is 0. The van der Waals surface area contributed by atoms with Crippen LogP contribution in [0.25, 0.3) is 0 Å². The molecule has 0 aromatic heterocycles. The lowest BCUT2D eigenvalue weighted by Gasteiger charge is -2.06. The highest BCUT2D eigenvalue weighted by atomic mass is 16.1. The number of aldehydes is 1. The van der Waals surface area contributed by atoms with Gasteiger partial charge in [0.25, 0.3) is 0 Å². The van der Waals surface area contributed by atoms with Crippen molar-refractivity contribution < 1.29 is 4.79 Å². The molecule has 0 aromatic carbocycles. The highest BCUT2D eigenvalue weighted by molar-refractivity contribution is 5.73. The minimum atomic E-state index is 0.362. The highest BCUT2D eigenvalue weighted by Crippen LogP contribution is 2.12. The van der Waals surface area contributed by atoms with E-state index >= 15 is 0 Å². The second-order valence-corrected chi connectivity index (χ2v) is 3.32. The first-order valence-electron chi connectivity index (χ1n) is 4.28. The van der Waals surface area contributed by atoms with Crippen molar-refractivity contribution in [2.45, 2.75) is 34.1 Å². The predicted molar refractivity (Wildman–Crippen MR) is 48.4 cm³/mol. The Morgan fingerprint density at radius 2 is 1.91 bits per heavy atom. The summed E-state index contributed by atoms with van der Waals surface area (Å²) in [6, 6.07) is 0. The van der Waals surface area contributed by atoms with Crippen LogP contribution < -0.4 is 0 Å². The molecular formula is C10H18O. The fraction of sp³-hybridized carbons (Fsp3) is 0.700. The normalized spacial score (nSPS) is 15.2. The van der Waals surface area contributed by atoms with Crippen molar-refractivity contribution >= 4 is 6.29 Å². The molecule has 0 fully saturated rings. The van der Waals surface area contributed by atoms with Crippen LogP contribution in [0.4, 0.5) is 0 Å². The molecule has 64 valence electrons. The Bertz CT molecular complexity index is 145. The molecule has 0 radical (unpaired) electrons. The van der Waals surface area contributed by atoms with Gasteiger partial charge in [0.05, 0.1) is 0 Å². The van der Waals surface area contributed by atoms with Crippen LogP contribution >= 0.6 is 0 Å². The first-order valence-corrected chi connectivity index (χ1v) is 4.28. The minimum Gasteiger partial charge on any atom is -0.298 e.